The van der Waals surface area contributed by atoms with Gasteiger partial charge in [0.25, 0.3) is 11.8 Å². The van der Waals surface area contributed by atoms with Crippen LogP contribution < -0.4 is 5.32 Å². The van der Waals surface area contributed by atoms with E-state index >= 15 is 0 Å². The van der Waals surface area contributed by atoms with Crippen LogP contribution in [0.3, 0.4) is 0 Å². The van der Waals surface area contributed by atoms with Crippen LogP contribution in [-0.4, -0.2) is 35.7 Å². The van der Waals surface area contributed by atoms with Gasteiger partial charge in [0.1, 0.15) is 0 Å². The summed E-state index contributed by atoms with van der Waals surface area (Å²) in [6.07, 6.45) is 11.4. The first-order valence-corrected chi connectivity index (χ1v) is 8.81. The van der Waals surface area contributed by atoms with E-state index in [0.29, 0.717) is 13.0 Å². The topological polar surface area (TPSA) is 66.5 Å². The number of nitrogens with one attached hydrogen (secondary N) is 1. The molecule has 0 unspecified atom stereocenters. The van der Waals surface area contributed by atoms with Crippen LogP contribution >= 0.6 is 0 Å². The molecule has 0 radical (unpaired) electrons. The second-order valence-electron chi connectivity index (χ2n) is 6.57. The number of unbranched alkanes of at least 4 members (excludes halogenated alkanes) is 5. The Labute approximate surface area is 139 Å². The van der Waals surface area contributed by atoms with Gasteiger partial charge in [-0.15, -0.1) is 0 Å². The van der Waals surface area contributed by atoms with Crippen molar-refractivity contribution in [2.24, 2.45) is 5.92 Å². The minimum atomic E-state index is -0.304. The van der Waals surface area contributed by atoms with Crippen LogP contribution in [0.25, 0.3) is 0 Å². The molecule has 0 saturated heterocycles. The Kier molecular flexibility index (Phi) is 9.25. The average molecular weight is 322 g/mol. The van der Waals surface area contributed by atoms with Crippen molar-refractivity contribution in [1.29, 1.82) is 0 Å². The Hall–Kier alpha value is -1.65. The van der Waals surface area contributed by atoms with Gasteiger partial charge < -0.3 is 5.32 Å². The zero-order chi connectivity index (χ0) is 17.1. The summed E-state index contributed by atoms with van der Waals surface area (Å²) >= 11 is 0. The molecule has 0 aliphatic carbocycles. The lowest BCUT2D eigenvalue weighted by molar-refractivity contribution is -0.137. The smallest absolute Gasteiger partial charge is 0.253 e. The maximum Gasteiger partial charge on any atom is 0.253 e. The number of imide groups is 1. The Morgan fingerprint density at radius 2 is 1.57 bits per heavy atom. The highest BCUT2D eigenvalue weighted by molar-refractivity contribution is 6.12. The maximum absolute atomic E-state index is 11.7. The van der Waals surface area contributed by atoms with E-state index < -0.39 is 0 Å². The minimum absolute atomic E-state index is 0.00291. The van der Waals surface area contributed by atoms with Crippen LogP contribution in [0, 0.1) is 5.92 Å². The molecule has 5 nitrogen and oxygen atoms in total. The lowest BCUT2D eigenvalue weighted by Crippen LogP contribution is -2.38. The summed E-state index contributed by atoms with van der Waals surface area (Å²) in [6, 6.07) is 0. The zero-order valence-electron chi connectivity index (χ0n) is 14.5. The SMILES string of the molecule is CC(C)CCCCCCCCC(=O)NCCN1C(=O)C=CC1=O. The van der Waals surface area contributed by atoms with Crippen molar-refractivity contribution < 1.29 is 14.4 Å². The van der Waals surface area contributed by atoms with Gasteiger partial charge in [-0.1, -0.05) is 52.4 Å². The van der Waals surface area contributed by atoms with Crippen LogP contribution in [0.15, 0.2) is 12.2 Å². The lowest BCUT2D eigenvalue weighted by Gasteiger charge is -2.13. The number of nitrogens with zero attached hydrogens (tertiary/aromatic N) is 1. The number of rotatable bonds is 12. The Morgan fingerprint density at radius 1 is 1.00 bits per heavy atom. The van der Waals surface area contributed by atoms with E-state index in [9.17, 15) is 14.4 Å². The van der Waals surface area contributed by atoms with Gasteiger partial charge in [-0.25, -0.2) is 0 Å². The molecular formula is C18H30N2O3. The van der Waals surface area contributed by atoms with Crippen molar-refractivity contribution in [2.45, 2.75) is 65.2 Å². The van der Waals surface area contributed by atoms with Crippen molar-refractivity contribution in [2.75, 3.05) is 13.1 Å². The molecule has 1 heterocycles. The van der Waals surface area contributed by atoms with Crippen molar-refractivity contribution in [3.63, 3.8) is 0 Å². The minimum Gasteiger partial charge on any atom is -0.354 e. The third kappa shape index (κ3) is 8.53. The van der Waals surface area contributed by atoms with Crippen LogP contribution in [0.5, 0.6) is 0 Å². The fourth-order valence-corrected chi connectivity index (χ4v) is 2.59. The summed E-state index contributed by atoms with van der Waals surface area (Å²) in [5, 5.41) is 2.76. The molecule has 0 aromatic rings. The fourth-order valence-electron chi connectivity index (χ4n) is 2.59. The Morgan fingerprint density at radius 3 is 2.17 bits per heavy atom. The number of carbonyl (C=O) groups is 3. The molecule has 3 amide bonds. The number of hydrogen-bond donors (Lipinski definition) is 1. The van der Waals surface area contributed by atoms with E-state index in [0.717, 1.165) is 23.7 Å². The quantitative estimate of drug-likeness (QED) is 0.444. The summed E-state index contributed by atoms with van der Waals surface area (Å²) in [4.78, 5) is 35.5. The molecule has 0 fully saturated rings. The summed E-state index contributed by atoms with van der Waals surface area (Å²) < 4.78 is 0. The largest absolute Gasteiger partial charge is 0.354 e. The van der Waals surface area contributed by atoms with E-state index in [1.165, 1.54) is 44.3 Å². The van der Waals surface area contributed by atoms with Crippen LogP contribution in [0.2, 0.25) is 0 Å². The second-order valence-corrected chi connectivity index (χ2v) is 6.57. The van der Waals surface area contributed by atoms with Gasteiger partial charge in [0, 0.05) is 31.7 Å². The van der Waals surface area contributed by atoms with E-state index in [1.807, 2.05) is 0 Å². The van der Waals surface area contributed by atoms with Crippen molar-refractivity contribution in [3.8, 4) is 0 Å². The molecule has 1 aliphatic rings. The molecule has 0 spiro atoms. The van der Waals surface area contributed by atoms with E-state index in [-0.39, 0.29) is 24.3 Å². The number of carbonyl (C=O) groups excluding carboxylic acids is 3. The molecule has 5 heteroatoms. The molecule has 1 aliphatic heterocycles. The standard InChI is InChI=1S/C18H30N2O3/c1-15(2)9-7-5-3-4-6-8-10-16(21)19-13-14-20-17(22)11-12-18(20)23/h11-12,15H,3-10,13-14H2,1-2H3,(H,19,21). The van der Waals surface area contributed by atoms with Crippen molar-refractivity contribution >= 4 is 17.7 Å². The van der Waals surface area contributed by atoms with Gasteiger partial charge >= 0.3 is 0 Å². The van der Waals surface area contributed by atoms with Gasteiger partial charge in [-0.2, -0.15) is 0 Å². The first kappa shape index (κ1) is 19.4. The number of amides is 3. The van der Waals surface area contributed by atoms with Gasteiger partial charge in [0.2, 0.25) is 5.91 Å². The molecule has 130 valence electrons. The van der Waals surface area contributed by atoms with Crippen LogP contribution in [0.1, 0.15) is 65.2 Å². The summed E-state index contributed by atoms with van der Waals surface area (Å²) in [5.74, 6) is 0.181. The maximum atomic E-state index is 11.7. The molecular weight excluding hydrogens is 292 g/mol. The Balaban J connectivity index is 1.93. The second kappa shape index (κ2) is 11.0. The molecule has 0 aromatic heterocycles. The molecule has 0 atom stereocenters. The lowest BCUT2D eigenvalue weighted by atomic mass is 10.0. The molecule has 0 bridgehead atoms. The van der Waals surface area contributed by atoms with Crippen molar-refractivity contribution in [3.05, 3.63) is 12.2 Å². The first-order chi connectivity index (χ1) is 11.0. The third-order valence-electron chi connectivity index (χ3n) is 3.99. The molecule has 0 aromatic carbocycles. The van der Waals surface area contributed by atoms with Crippen LogP contribution in [-0.2, 0) is 14.4 Å². The first-order valence-electron chi connectivity index (χ1n) is 8.81. The van der Waals surface area contributed by atoms with Gasteiger partial charge in [0.15, 0.2) is 0 Å². The highest BCUT2D eigenvalue weighted by atomic mass is 16.2. The van der Waals surface area contributed by atoms with E-state index in [4.69, 9.17) is 0 Å². The summed E-state index contributed by atoms with van der Waals surface area (Å²) in [5.41, 5.74) is 0. The average Bonchev–Trinajstić information content (AvgIpc) is 2.81. The predicted molar refractivity (Wildman–Crippen MR) is 90.6 cm³/mol. The highest BCUT2D eigenvalue weighted by Gasteiger charge is 2.22. The third-order valence-corrected chi connectivity index (χ3v) is 3.99. The molecule has 1 N–H and O–H groups in total. The zero-order valence-corrected chi connectivity index (χ0v) is 14.5. The van der Waals surface area contributed by atoms with E-state index in [2.05, 4.69) is 19.2 Å². The van der Waals surface area contributed by atoms with Gasteiger partial charge in [0.05, 0.1) is 0 Å². The Bertz CT molecular complexity index is 412. The monoisotopic (exact) mass is 322 g/mol. The molecule has 23 heavy (non-hydrogen) atoms. The summed E-state index contributed by atoms with van der Waals surface area (Å²) in [7, 11) is 0. The highest BCUT2D eigenvalue weighted by Crippen LogP contribution is 2.11. The predicted octanol–water partition coefficient (Wildman–Crippen LogP) is 2.80. The molecule has 1 rings (SSSR count). The fraction of sp³-hybridized carbons (Fsp3) is 0.722. The molecule has 0 saturated carbocycles. The normalized spacial score (nSPS) is 14.1. The number of hydrogen-bond acceptors (Lipinski definition) is 3. The van der Waals surface area contributed by atoms with E-state index in [1.54, 1.807) is 0 Å². The van der Waals surface area contributed by atoms with Gasteiger partial charge in [-0.05, 0) is 12.3 Å². The van der Waals surface area contributed by atoms with Crippen LogP contribution in [0.4, 0.5) is 0 Å². The van der Waals surface area contributed by atoms with Gasteiger partial charge in [-0.3, -0.25) is 19.3 Å². The van der Waals surface area contributed by atoms with Crippen molar-refractivity contribution in [1.82, 2.24) is 10.2 Å². The summed E-state index contributed by atoms with van der Waals surface area (Å²) in [6.45, 7) is 5.08.